The van der Waals surface area contributed by atoms with Gasteiger partial charge in [0.15, 0.2) is 0 Å². The number of hydrogen-bond donors (Lipinski definition) is 0. The highest BCUT2D eigenvalue weighted by Gasteiger charge is 2.21. The van der Waals surface area contributed by atoms with Gasteiger partial charge in [-0.15, -0.1) is 6.58 Å². The molecule has 3 heteroatoms. The fraction of sp³-hybridized carbons (Fsp3) is 0.278. The molecule has 2 aromatic heterocycles. The molecule has 21 heavy (non-hydrogen) atoms. The molecule has 0 amide bonds. The lowest BCUT2D eigenvalue weighted by Crippen LogP contribution is -2.02. The molecule has 0 fully saturated rings. The summed E-state index contributed by atoms with van der Waals surface area (Å²) < 4.78 is 4.50. The smallest absolute Gasteiger partial charge is 0.215 e. The van der Waals surface area contributed by atoms with Crippen molar-refractivity contribution in [1.29, 1.82) is 0 Å². The summed E-state index contributed by atoms with van der Waals surface area (Å²) in [6.07, 6.45) is 8.49. The van der Waals surface area contributed by atoms with Crippen LogP contribution in [0.15, 0.2) is 36.9 Å². The first-order valence-electron chi connectivity index (χ1n) is 7.44. The van der Waals surface area contributed by atoms with Crippen LogP contribution in [0.5, 0.6) is 0 Å². The largest absolute Gasteiger partial charge is 0.313 e. The van der Waals surface area contributed by atoms with E-state index in [9.17, 15) is 0 Å². The molecular formula is C18H19N3. The molecule has 4 rings (SSSR count). The van der Waals surface area contributed by atoms with Crippen molar-refractivity contribution in [1.82, 2.24) is 14.0 Å². The SMILES string of the molecule is C=CC1CC=Cc2nc3n(C)c4ccc(C)cc4n3c2C1. The van der Waals surface area contributed by atoms with Crippen LogP contribution in [0.4, 0.5) is 0 Å². The van der Waals surface area contributed by atoms with Crippen molar-refractivity contribution in [2.45, 2.75) is 19.8 Å². The lowest BCUT2D eigenvalue weighted by atomic mass is 10.0. The van der Waals surface area contributed by atoms with Gasteiger partial charge >= 0.3 is 0 Å². The number of benzene rings is 1. The van der Waals surface area contributed by atoms with E-state index in [1.165, 1.54) is 22.3 Å². The molecule has 1 atom stereocenters. The predicted molar refractivity (Wildman–Crippen MR) is 87.4 cm³/mol. The Balaban J connectivity index is 2.11. The summed E-state index contributed by atoms with van der Waals surface area (Å²) in [5.41, 5.74) is 6.17. The number of rotatable bonds is 1. The summed E-state index contributed by atoms with van der Waals surface area (Å²) >= 11 is 0. The van der Waals surface area contributed by atoms with Crippen LogP contribution in [-0.4, -0.2) is 14.0 Å². The Morgan fingerprint density at radius 2 is 2.19 bits per heavy atom. The third kappa shape index (κ3) is 1.70. The van der Waals surface area contributed by atoms with Crippen molar-refractivity contribution >= 4 is 22.9 Å². The van der Waals surface area contributed by atoms with Gasteiger partial charge in [0.25, 0.3) is 0 Å². The molecule has 0 saturated heterocycles. The Morgan fingerprint density at radius 3 is 3.00 bits per heavy atom. The fourth-order valence-electron chi connectivity index (χ4n) is 3.33. The van der Waals surface area contributed by atoms with E-state index in [-0.39, 0.29) is 0 Å². The third-order valence-electron chi connectivity index (χ3n) is 4.52. The van der Waals surface area contributed by atoms with Crippen molar-refractivity contribution in [3.05, 3.63) is 53.9 Å². The van der Waals surface area contributed by atoms with Crippen LogP contribution < -0.4 is 0 Å². The van der Waals surface area contributed by atoms with Gasteiger partial charge in [0.2, 0.25) is 5.78 Å². The van der Waals surface area contributed by atoms with Crippen LogP contribution in [0.1, 0.15) is 23.4 Å². The van der Waals surface area contributed by atoms with Gasteiger partial charge in [-0.1, -0.05) is 18.2 Å². The Bertz CT molecular complexity index is 892. The second-order valence-corrected chi connectivity index (χ2v) is 5.97. The van der Waals surface area contributed by atoms with E-state index in [2.05, 4.69) is 65.9 Å². The van der Waals surface area contributed by atoms with E-state index in [1.807, 2.05) is 0 Å². The first-order chi connectivity index (χ1) is 10.2. The minimum absolute atomic E-state index is 0.488. The van der Waals surface area contributed by atoms with Gasteiger partial charge in [-0.25, -0.2) is 4.98 Å². The topological polar surface area (TPSA) is 22.2 Å². The van der Waals surface area contributed by atoms with Crippen molar-refractivity contribution in [2.24, 2.45) is 13.0 Å². The van der Waals surface area contributed by atoms with Crippen LogP contribution >= 0.6 is 0 Å². The van der Waals surface area contributed by atoms with Crippen LogP contribution in [0.2, 0.25) is 0 Å². The number of fused-ring (bicyclic) bond motifs is 5. The molecule has 0 aliphatic heterocycles. The molecule has 0 spiro atoms. The summed E-state index contributed by atoms with van der Waals surface area (Å²) in [7, 11) is 2.09. The molecule has 1 aliphatic carbocycles. The highest BCUT2D eigenvalue weighted by molar-refractivity contribution is 5.83. The number of nitrogens with zero attached hydrogens (tertiary/aromatic N) is 3. The zero-order valence-electron chi connectivity index (χ0n) is 12.5. The normalized spacial score (nSPS) is 18.1. The molecule has 106 valence electrons. The van der Waals surface area contributed by atoms with E-state index in [0.29, 0.717) is 5.92 Å². The summed E-state index contributed by atoms with van der Waals surface area (Å²) in [5, 5.41) is 0. The Morgan fingerprint density at radius 1 is 1.33 bits per heavy atom. The molecule has 0 bridgehead atoms. The highest BCUT2D eigenvalue weighted by atomic mass is 15.2. The number of aromatic nitrogens is 3. The van der Waals surface area contributed by atoms with Gasteiger partial charge in [0.1, 0.15) is 0 Å². The average Bonchev–Trinajstić information content (AvgIpc) is 2.86. The Hall–Kier alpha value is -2.29. The van der Waals surface area contributed by atoms with Gasteiger partial charge in [-0.05, 0) is 49.5 Å². The van der Waals surface area contributed by atoms with Crippen LogP contribution in [0.25, 0.3) is 22.9 Å². The number of imidazole rings is 2. The Labute approximate surface area is 124 Å². The van der Waals surface area contributed by atoms with Gasteiger partial charge < -0.3 is 4.57 Å². The summed E-state index contributed by atoms with van der Waals surface area (Å²) in [6.45, 7) is 6.12. The average molecular weight is 277 g/mol. The van der Waals surface area contributed by atoms with E-state index < -0.39 is 0 Å². The molecule has 1 aliphatic rings. The molecule has 2 heterocycles. The standard InChI is InChI=1S/C18H19N3/c1-4-13-6-5-7-14-16(11-13)21-17-10-12(2)8-9-15(17)20(3)18(21)19-14/h4-5,7-10,13H,1,6,11H2,2-3H3. The maximum atomic E-state index is 4.85. The number of allylic oxidation sites excluding steroid dienone is 2. The van der Waals surface area contributed by atoms with Gasteiger partial charge in [-0.3, -0.25) is 4.40 Å². The maximum absolute atomic E-state index is 4.85. The minimum Gasteiger partial charge on any atom is -0.313 e. The molecule has 3 nitrogen and oxygen atoms in total. The monoisotopic (exact) mass is 277 g/mol. The van der Waals surface area contributed by atoms with E-state index >= 15 is 0 Å². The quantitative estimate of drug-likeness (QED) is 0.618. The molecule has 1 aromatic carbocycles. The van der Waals surface area contributed by atoms with Gasteiger partial charge in [-0.2, -0.15) is 0 Å². The predicted octanol–water partition coefficient (Wildman–Crippen LogP) is 3.90. The zero-order valence-corrected chi connectivity index (χ0v) is 12.5. The van der Waals surface area contributed by atoms with Crippen molar-refractivity contribution < 1.29 is 0 Å². The first-order valence-corrected chi connectivity index (χ1v) is 7.44. The van der Waals surface area contributed by atoms with E-state index in [4.69, 9.17) is 4.98 Å². The fourth-order valence-corrected chi connectivity index (χ4v) is 3.33. The van der Waals surface area contributed by atoms with Crippen molar-refractivity contribution in [2.75, 3.05) is 0 Å². The van der Waals surface area contributed by atoms with Crippen LogP contribution in [0.3, 0.4) is 0 Å². The summed E-state index contributed by atoms with van der Waals surface area (Å²) in [5.74, 6) is 1.51. The third-order valence-corrected chi connectivity index (χ3v) is 4.52. The van der Waals surface area contributed by atoms with Crippen molar-refractivity contribution in [3.8, 4) is 0 Å². The summed E-state index contributed by atoms with van der Waals surface area (Å²) in [6, 6.07) is 6.60. The summed E-state index contributed by atoms with van der Waals surface area (Å²) in [4.78, 5) is 4.85. The van der Waals surface area contributed by atoms with Crippen LogP contribution in [-0.2, 0) is 13.5 Å². The molecule has 0 N–H and O–H groups in total. The zero-order chi connectivity index (χ0) is 14.6. The second kappa shape index (κ2) is 4.35. The maximum Gasteiger partial charge on any atom is 0.215 e. The lowest BCUT2D eigenvalue weighted by molar-refractivity contribution is 0.652. The first kappa shape index (κ1) is 12.5. The molecule has 0 radical (unpaired) electrons. The molecule has 3 aromatic rings. The molecular weight excluding hydrogens is 258 g/mol. The van der Waals surface area contributed by atoms with E-state index in [1.54, 1.807) is 0 Å². The van der Waals surface area contributed by atoms with Crippen LogP contribution in [0, 0.1) is 12.8 Å². The molecule has 0 saturated carbocycles. The Kier molecular flexibility index (Phi) is 2.58. The van der Waals surface area contributed by atoms with Gasteiger partial charge in [0.05, 0.1) is 22.4 Å². The minimum atomic E-state index is 0.488. The molecule has 1 unspecified atom stereocenters. The van der Waals surface area contributed by atoms with Gasteiger partial charge in [0, 0.05) is 7.05 Å². The van der Waals surface area contributed by atoms with E-state index in [0.717, 1.165) is 24.3 Å². The number of hydrogen-bond acceptors (Lipinski definition) is 1. The second-order valence-electron chi connectivity index (χ2n) is 5.97. The lowest BCUT2D eigenvalue weighted by Gasteiger charge is -2.08. The highest BCUT2D eigenvalue weighted by Crippen LogP contribution is 2.29. The van der Waals surface area contributed by atoms with Crippen molar-refractivity contribution in [3.63, 3.8) is 0 Å². The number of aryl methyl sites for hydroxylation is 2.